The molecule has 0 aliphatic carbocycles. The van der Waals surface area contributed by atoms with E-state index in [0.717, 1.165) is 22.2 Å². The number of anilines is 1. The number of amides is 1. The molecule has 2 heterocycles. The topological polar surface area (TPSA) is 73.6 Å². The number of allylic oxidation sites excluding steroid dienone is 4. The van der Waals surface area contributed by atoms with E-state index < -0.39 is 6.23 Å². The van der Waals surface area contributed by atoms with Gasteiger partial charge in [0.15, 0.2) is 5.11 Å². The third-order valence-corrected chi connectivity index (χ3v) is 6.64. The molecule has 2 aliphatic rings. The minimum atomic E-state index is -1.35. The molecule has 0 bridgehead atoms. The number of benzene rings is 1. The molecule has 1 fully saturated rings. The molecule has 0 N–H and O–H groups in total. The first-order valence-electron chi connectivity index (χ1n) is 9.83. The third kappa shape index (κ3) is 3.88. The Kier molecular flexibility index (Phi) is 6.98. The van der Waals surface area contributed by atoms with Gasteiger partial charge in [-0.3, -0.25) is 9.69 Å². The van der Waals surface area contributed by atoms with Crippen LogP contribution in [0.2, 0.25) is 0 Å². The van der Waals surface area contributed by atoms with Crippen LogP contribution in [0, 0.1) is 11.3 Å². The zero-order valence-corrected chi connectivity index (χ0v) is 18.8. The monoisotopic (exact) mass is 439 g/mol. The van der Waals surface area contributed by atoms with E-state index in [2.05, 4.69) is 11.0 Å². The molecule has 156 valence electrons. The van der Waals surface area contributed by atoms with Gasteiger partial charge < -0.3 is 14.9 Å². The molecule has 3 rings (SSSR count). The van der Waals surface area contributed by atoms with Crippen LogP contribution in [0.1, 0.15) is 20.8 Å². The van der Waals surface area contributed by atoms with Crippen LogP contribution in [0.3, 0.4) is 0 Å². The molecule has 2 aliphatic heterocycles. The lowest BCUT2D eigenvalue weighted by molar-refractivity contribution is -0.436. The molecule has 0 aromatic heterocycles. The molecule has 1 saturated heterocycles. The van der Waals surface area contributed by atoms with E-state index in [0.29, 0.717) is 18.7 Å². The van der Waals surface area contributed by atoms with E-state index in [1.54, 1.807) is 23.9 Å². The number of likely N-dealkylation sites (N-methyl/N-ethyl adjacent to an activating group) is 2. The number of hydrogen-bond acceptors (Lipinski definition) is 6. The van der Waals surface area contributed by atoms with Crippen molar-refractivity contribution in [2.45, 2.75) is 31.9 Å². The van der Waals surface area contributed by atoms with E-state index in [-0.39, 0.29) is 16.6 Å². The predicted molar refractivity (Wildman–Crippen MR) is 121 cm³/mol. The Labute approximate surface area is 186 Å². The van der Waals surface area contributed by atoms with Crippen LogP contribution in [-0.2, 0) is 4.79 Å². The van der Waals surface area contributed by atoms with Gasteiger partial charge in [0.05, 0.1) is 16.3 Å². The summed E-state index contributed by atoms with van der Waals surface area (Å²) in [6.45, 7) is 7.24. The molecule has 1 unspecified atom stereocenters. The zero-order valence-electron chi connectivity index (χ0n) is 17.2. The predicted octanol–water partition coefficient (Wildman–Crippen LogP) is 2.99. The summed E-state index contributed by atoms with van der Waals surface area (Å²) in [5, 5.41) is 23.6. The number of nitrogens with zero attached hydrogens (tertiary/aromatic N) is 4. The summed E-state index contributed by atoms with van der Waals surface area (Å²) in [5.74, 6) is -0.374. The van der Waals surface area contributed by atoms with Gasteiger partial charge in [-0.05, 0) is 57.4 Å². The van der Waals surface area contributed by atoms with Gasteiger partial charge in [-0.1, -0.05) is 36.0 Å². The maximum atomic E-state index is 12.8. The van der Waals surface area contributed by atoms with Crippen LogP contribution in [-0.4, -0.2) is 46.7 Å². The minimum Gasteiger partial charge on any atom is -0.832 e. The fourth-order valence-electron chi connectivity index (χ4n) is 3.46. The number of para-hydroxylation sites is 1. The molecule has 6 nitrogen and oxygen atoms in total. The SMILES string of the molecule is CCN1C(=O)\C(=C/C=C/C(C#N)=C2\Sc3ccccc3N2CC)C([O-])N(CC)C1=S. The average Bonchev–Trinajstić information content (AvgIpc) is 3.12. The summed E-state index contributed by atoms with van der Waals surface area (Å²) in [6, 6.07) is 10.3. The highest BCUT2D eigenvalue weighted by Gasteiger charge is 2.33. The minimum absolute atomic E-state index is 0.126. The van der Waals surface area contributed by atoms with Crippen molar-refractivity contribution >= 4 is 40.7 Å². The molecule has 30 heavy (non-hydrogen) atoms. The van der Waals surface area contributed by atoms with Crippen LogP contribution in [0.5, 0.6) is 0 Å². The number of carbonyl (C=O) groups is 1. The Morgan fingerprint density at radius 1 is 1.23 bits per heavy atom. The Bertz CT molecular complexity index is 993. The third-order valence-electron chi connectivity index (χ3n) is 4.99. The lowest BCUT2D eigenvalue weighted by Gasteiger charge is -2.46. The molecule has 1 aromatic carbocycles. The Morgan fingerprint density at radius 2 is 1.93 bits per heavy atom. The number of rotatable bonds is 5. The number of hydrogen-bond donors (Lipinski definition) is 0. The fourth-order valence-corrected chi connectivity index (χ4v) is 5.09. The second kappa shape index (κ2) is 9.47. The number of nitriles is 1. The van der Waals surface area contributed by atoms with Crippen molar-refractivity contribution in [3.63, 3.8) is 0 Å². The number of thiocarbonyl (C=S) groups is 1. The van der Waals surface area contributed by atoms with Crippen LogP contribution in [0.25, 0.3) is 0 Å². The van der Waals surface area contributed by atoms with Crippen LogP contribution >= 0.6 is 24.0 Å². The van der Waals surface area contributed by atoms with E-state index >= 15 is 0 Å². The van der Waals surface area contributed by atoms with Crippen molar-refractivity contribution in [2.24, 2.45) is 0 Å². The Hall–Kier alpha value is -2.60. The number of fused-ring (bicyclic) bond motifs is 1. The van der Waals surface area contributed by atoms with Crippen LogP contribution in [0.4, 0.5) is 5.69 Å². The van der Waals surface area contributed by atoms with Gasteiger partial charge >= 0.3 is 0 Å². The highest BCUT2D eigenvalue weighted by atomic mass is 32.2. The van der Waals surface area contributed by atoms with Crippen molar-refractivity contribution in [1.82, 2.24) is 9.80 Å². The van der Waals surface area contributed by atoms with Gasteiger partial charge in [0.25, 0.3) is 5.91 Å². The van der Waals surface area contributed by atoms with E-state index in [9.17, 15) is 15.2 Å². The molecule has 1 amide bonds. The molecule has 0 spiro atoms. The Balaban J connectivity index is 1.93. The molecule has 1 atom stereocenters. The van der Waals surface area contributed by atoms with Crippen molar-refractivity contribution in [3.05, 3.63) is 58.7 Å². The molecular weight excluding hydrogens is 416 g/mol. The highest BCUT2D eigenvalue weighted by Crippen LogP contribution is 2.46. The lowest BCUT2D eigenvalue weighted by Crippen LogP contribution is -2.62. The van der Waals surface area contributed by atoms with E-state index in [1.807, 2.05) is 45.0 Å². The van der Waals surface area contributed by atoms with Crippen molar-refractivity contribution in [3.8, 4) is 6.07 Å². The molecule has 1 aromatic rings. The normalized spacial score (nSPS) is 22.2. The lowest BCUT2D eigenvalue weighted by atomic mass is 10.1. The zero-order chi connectivity index (χ0) is 21.8. The fraction of sp³-hybridized carbons (Fsp3) is 0.318. The van der Waals surface area contributed by atoms with Gasteiger partial charge in [-0.15, -0.1) is 0 Å². The Morgan fingerprint density at radius 3 is 2.57 bits per heavy atom. The first kappa shape index (κ1) is 22.1. The highest BCUT2D eigenvalue weighted by molar-refractivity contribution is 8.03. The first-order valence-corrected chi connectivity index (χ1v) is 11.1. The van der Waals surface area contributed by atoms with Gasteiger partial charge in [0.1, 0.15) is 6.07 Å². The molecule has 0 saturated carbocycles. The van der Waals surface area contributed by atoms with Crippen molar-refractivity contribution in [1.29, 1.82) is 5.26 Å². The summed E-state index contributed by atoms with van der Waals surface area (Å²) in [5.41, 5.74) is 1.68. The van der Waals surface area contributed by atoms with Gasteiger partial charge in [0.2, 0.25) is 0 Å². The first-order chi connectivity index (χ1) is 14.5. The standard InChI is InChI=1S/C22H23N4O2S2/c1-4-24-17-12-7-8-13-18(17)30-21(24)15(14-23)10-9-11-16-19(27)25(5-2)22(29)26(6-3)20(16)28/h7-13,19H,4-6H2,1-3H3/q-1/b10-9+,16-11-,21-15+. The summed E-state index contributed by atoms with van der Waals surface area (Å²) < 4.78 is 0. The molecule has 8 heteroatoms. The average molecular weight is 440 g/mol. The second-order valence-electron chi connectivity index (χ2n) is 6.60. The number of thioether (sulfide) groups is 1. The van der Waals surface area contributed by atoms with Crippen molar-refractivity contribution in [2.75, 3.05) is 24.5 Å². The summed E-state index contributed by atoms with van der Waals surface area (Å²) >= 11 is 6.83. The molecule has 0 radical (unpaired) electrons. The number of carbonyl (C=O) groups excluding carboxylic acids is 1. The molecular formula is C22H23N4O2S2-. The second-order valence-corrected chi connectivity index (χ2v) is 7.99. The summed E-state index contributed by atoms with van der Waals surface area (Å²) in [6.07, 6.45) is 3.42. The quantitative estimate of drug-likeness (QED) is 0.397. The van der Waals surface area contributed by atoms with Crippen molar-refractivity contribution < 1.29 is 9.90 Å². The van der Waals surface area contributed by atoms with Crippen LogP contribution < -0.4 is 10.0 Å². The summed E-state index contributed by atoms with van der Waals surface area (Å²) in [7, 11) is 0. The maximum absolute atomic E-state index is 12.8. The van der Waals surface area contributed by atoms with Gasteiger partial charge in [-0.25, -0.2) is 0 Å². The van der Waals surface area contributed by atoms with E-state index in [4.69, 9.17) is 12.2 Å². The van der Waals surface area contributed by atoms with Gasteiger partial charge in [0, 0.05) is 30.1 Å². The van der Waals surface area contributed by atoms with Gasteiger partial charge in [-0.2, -0.15) is 5.26 Å². The smallest absolute Gasteiger partial charge is 0.256 e. The van der Waals surface area contributed by atoms with Crippen LogP contribution in [0.15, 0.2) is 63.6 Å². The van der Waals surface area contributed by atoms with E-state index in [1.165, 1.54) is 15.9 Å². The summed E-state index contributed by atoms with van der Waals surface area (Å²) in [4.78, 5) is 18.8. The maximum Gasteiger partial charge on any atom is 0.256 e. The largest absolute Gasteiger partial charge is 0.832 e.